The van der Waals surface area contributed by atoms with Crippen LogP contribution in [0.3, 0.4) is 0 Å². The molecule has 1 atom stereocenters. The van der Waals surface area contributed by atoms with Crippen LogP contribution < -0.4 is 5.32 Å². The Balaban J connectivity index is 2.51. The molecule has 1 aliphatic rings. The summed E-state index contributed by atoms with van der Waals surface area (Å²) in [6.07, 6.45) is 4.12. The summed E-state index contributed by atoms with van der Waals surface area (Å²) < 4.78 is 0. The van der Waals surface area contributed by atoms with Crippen LogP contribution in [0, 0.1) is 5.92 Å². The van der Waals surface area contributed by atoms with Crippen LogP contribution in [0.15, 0.2) is 0 Å². The molecule has 80 valence electrons. The van der Waals surface area contributed by atoms with E-state index in [1.165, 1.54) is 6.92 Å². The predicted molar refractivity (Wildman–Crippen MR) is 51.8 cm³/mol. The van der Waals surface area contributed by atoms with E-state index in [-0.39, 0.29) is 11.4 Å². The molecule has 1 fully saturated rings. The molecule has 0 bridgehead atoms. The van der Waals surface area contributed by atoms with Gasteiger partial charge in [0.05, 0.1) is 0 Å². The highest BCUT2D eigenvalue weighted by molar-refractivity contribution is 5.96. The lowest BCUT2D eigenvalue weighted by Crippen LogP contribution is -2.47. The summed E-state index contributed by atoms with van der Waals surface area (Å²) in [4.78, 5) is 22.0. The third kappa shape index (κ3) is 2.47. The van der Waals surface area contributed by atoms with Gasteiger partial charge in [-0.3, -0.25) is 9.59 Å². The molecule has 4 heteroatoms. The Kier molecular flexibility index (Phi) is 3.13. The van der Waals surface area contributed by atoms with Crippen LogP contribution in [0.4, 0.5) is 0 Å². The van der Waals surface area contributed by atoms with E-state index < -0.39 is 11.9 Å². The maximum atomic E-state index is 11.5. The maximum Gasteiger partial charge on any atom is 0.315 e. The summed E-state index contributed by atoms with van der Waals surface area (Å²) in [5, 5.41) is 11.5. The summed E-state index contributed by atoms with van der Waals surface area (Å²) in [5.74, 6) is -2.39. The van der Waals surface area contributed by atoms with E-state index in [2.05, 4.69) is 5.32 Å². The number of carbonyl (C=O) groups is 2. The minimum Gasteiger partial charge on any atom is -0.481 e. The molecule has 0 aromatic heterocycles. The number of hydrogen-bond donors (Lipinski definition) is 2. The van der Waals surface area contributed by atoms with E-state index in [0.717, 1.165) is 25.7 Å². The fourth-order valence-electron chi connectivity index (χ4n) is 1.80. The molecule has 0 saturated heterocycles. The first kappa shape index (κ1) is 11.0. The minimum atomic E-state index is -1.07. The van der Waals surface area contributed by atoms with Crippen molar-refractivity contribution in [1.29, 1.82) is 0 Å². The SMILES string of the molecule is CC(C(=O)O)C(=O)NC1(C)CCCC1. The smallest absolute Gasteiger partial charge is 0.315 e. The summed E-state index contributed by atoms with van der Waals surface area (Å²) in [6.45, 7) is 3.39. The second kappa shape index (κ2) is 3.98. The van der Waals surface area contributed by atoms with Gasteiger partial charge in [-0.1, -0.05) is 12.8 Å². The van der Waals surface area contributed by atoms with E-state index in [0.29, 0.717) is 0 Å². The van der Waals surface area contributed by atoms with Crippen LogP contribution in [0.2, 0.25) is 0 Å². The number of carbonyl (C=O) groups excluding carboxylic acids is 1. The quantitative estimate of drug-likeness (QED) is 0.670. The Labute approximate surface area is 83.7 Å². The van der Waals surface area contributed by atoms with Crippen LogP contribution in [0.25, 0.3) is 0 Å². The Bertz CT molecular complexity index is 244. The van der Waals surface area contributed by atoms with Gasteiger partial charge in [0, 0.05) is 5.54 Å². The number of hydrogen-bond acceptors (Lipinski definition) is 2. The molecule has 14 heavy (non-hydrogen) atoms. The normalized spacial score (nSPS) is 21.6. The molecular formula is C10H17NO3. The van der Waals surface area contributed by atoms with Gasteiger partial charge in [-0.2, -0.15) is 0 Å². The molecule has 2 N–H and O–H groups in total. The summed E-state index contributed by atoms with van der Waals surface area (Å²) >= 11 is 0. The van der Waals surface area contributed by atoms with Gasteiger partial charge in [-0.25, -0.2) is 0 Å². The van der Waals surface area contributed by atoms with Crippen molar-refractivity contribution in [1.82, 2.24) is 5.32 Å². The molecule has 0 aliphatic heterocycles. The molecule has 4 nitrogen and oxygen atoms in total. The zero-order chi connectivity index (χ0) is 10.8. The van der Waals surface area contributed by atoms with E-state index >= 15 is 0 Å². The van der Waals surface area contributed by atoms with Crippen LogP contribution in [-0.2, 0) is 9.59 Å². The van der Waals surface area contributed by atoms with Gasteiger partial charge in [-0.05, 0) is 26.7 Å². The highest BCUT2D eigenvalue weighted by Crippen LogP contribution is 2.29. The van der Waals surface area contributed by atoms with Gasteiger partial charge in [0.25, 0.3) is 0 Å². The fraction of sp³-hybridized carbons (Fsp3) is 0.800. The first-order chi connectivity index (χ1) is 6.44. The molecule has 1 amide bonds. The van der Waals surface area contributed by atoms with Gasteiger partial charge in [0.1, 0.15) is 5.92 Å². The molecule has 1 rings (SSSR count). The van der Waals surface area contributed by atoms with Crippen LogP contribution in [0.1, 0.15) is 39.5 Å². The molecular weight excluding hydrogens is 182 g/mol. The Morgan fingerprint density at radius 2 is 1.86 bits per heavy atom. The highest BCUT2D eigenvalue weighted by Gasteiger charge is 2.32. The Hall–Kier alpha value is -1.06. The average Bonchev–Trinajstić information content (AvgIpc) is 2.50. The van der Waals surface area contributed by atoms with Crippen molar-refractivity contribution in [3.05, 3.63) is 0 Å². The van der Waals surface area contributed by atoms with E-state index in [1.54, 1.807) is 0 Å². The average molecular weight is 199 g/mol. The number of carboxylic acid groups (broad SMARTS) is 1. The number of nitrogens with one attached hydrogen (secondary N) is 1. The molecule has 1 saturated carbocycles. The Morgan fingerprint density at radius 1 is 1.36 bits per heavy atom. The molecule has 0 heterocycles. The topological polar surface area (TPSA) is 66.4 Å². The second-order valence-corrected chi connectivity index (χ2v) is 4.32. The van der Waals surface area contributed by atoms with E-state index in [9.17, 15) is 9.59 Å². The van der Waals surface area contributed by atoms with Gasteiger partial charge in [0.2, 0.25) is 5.91 Å². The molecule has 0 aromatic rings. The zero-order valence-corrected chi connectivity index (χ0v) is 8.67. The van der Waals surface area contributed by atoms with Crippen molar-refractivity contribution in [2.45, 2.75) is 45.1 Å². The maximum absolute atomic E-state index is 11.5. The third-order valence-electron chi connectivity index (χ3n) is 2.90. The van der Waals surface area contributed by atoms with Crippen molar-refractivity contribution in [3.8, 4) is 0 Å². The van der Waals surface area contributed by atoms with Crippen molar-refractivity contribution < 1.29 is 14.7 Å². The van der Waals surface area contributed by atoms with Crippen molar-refractivity contribution in [2.75, 3.05) is 0 Å². The Morgan fingerprint density at radius 3 is 2.29 bits per heavy atom. The monoisotopic (exact) mass is 199 g/mol. The van der Waals surface area contributed by atoms with Gasteiger partial charge in [0.15, 0.2) is 0 Å². The number of carboxylic acids is 1. The van der Waals surface area contributed by atoms with Crippen LogP contribution in [-0.4, -0.2) is 22.5 Å². The van der Waals surface area contributed by atoms with Crippen molar-refractivity contribution >= 4 is 11.9 Å². The number of amides is 1. The van der Waals surface area contributed by atoms with Crippen LogP contribution in [0.5, 0.6) is 0 Å². The van der Waals surface area contributed by atoms with Gasteiger partial charge >= 0.3 is 5.97 Å². The predicted octanol–water partition coefficient (Wildman–Crippen LogP) is 1.16. The second-order valence-electron chi connectivity index (χ2n) is 4.32. The van der Waals surface area contributed by atoms with E-state index in [4.69, 9.17) is 5.11 Å². The lowest BCUT2D eigenvalue weighted by molar-refractivity contribution is -0.146. The summed E-state index contributed by atoms with van der Waals surface area (Å²) in [5.41, 5.74) is -0.180. The zero-order valence-electron chi connectivity index (χ0n) is 8.67. The number of aliphatic carboxylic acids is 1. The van der Waals surface area contributed by atoms with Gasteiger partial charge < -0.3 is 10.4 Å². The lowest BCUT2D eigenvalue weighted by atomic mass is 9.99. The minimum absolute atomic E-state index is 0.180. The standard InChI is InChI=1S/C10H17NO3/c1-7(9(13)14)8(12)11-10(2)5-3-4-6-10/h7H,3-6H2,1-2H3,(H,11,12)(H,13,14). The lowest BCUT2D eigenvalue weighted by Gasteiger charge is -2.26. The molecule has 1 aliphatic carbocycles. The van der Waals surface area contributed by atoms with Crippen LogP contribution >= 0.6 is 0 Å². The first-order valence-corrected chi connectivity index (χ1v) is 4.99. The fourth-order valence-corrected chi connectivity index (χ4v) is 1.80. The van der Waals surface area contributed by atoms with Crippen molar-refractivity contribution in [3.63, 3.8) is 0 Å². The molecule has 0 radical (unpaired) electrons. The van der Waals surface area contributed by atoms with E-state index in [1.807, 2.05) is 6.92 Å². The molecule has 0 aromatic carbocycles. The largest absolute Gasteiger partial charge is 0.481 e. The summed E-state index contributed by atoms with van der Waals surface area (Å²) in [7, 11) is 0. The highest BCUT2D eigenvalue weighted by atomic mass is 16.4. The molecule has 1 unspecified atom stereocenters. The third-order valence-corrected chi connectivity index (χ3v) is 2.90. The number of rotatable bonds is 3. The van der Waals surface area contributed by atoms with Crippen molar-refractivity contribution in [2.24, 2.45) is 5.92 Å². The summed E-state index contributed by atoms with van der Waals surface area (Å²) in [6, 6.07) is 0. The van der Waals surface area contributed by atoms with Gasteiger partial charge in [-0.15, -0.1) is 0 Å². The molecule has 0 spiro atoms. The first-order valence-electron chi connectivity index (χ1n) is 4.99.